The summed E-state index contributed by atoms with van der Waals surface area (Å²) < 4.78 is 13.5. The van der Waals surface area contributed by atoms with Crippen molar-refractivity contribution >= 4 is 21.8 Å². The van der Waals surface area contributed by atoms with E-state index in [0.29, 0.717) is 16.6 Å². The maximum absolute atomic E-state index is 13.1. The predicted molar refractivity (Wildman–Crippen MR) is 74.4 cm³/mol. The lowest BCUT2D eigenvalue weighted by atomic mass is 9.90. The van der Waals surface area contributed by atoms with Gasteiger partial charge in [0.05, 0.1) is 18.2 Å². The molecule has 1 saturated heterocycles. The minimum atomic E-state index is -0.380. The quantitative estimate of drug-likeness (QED) is 0.906. The fraction of sp³-hybridized carbons (Fsp3) is 0.500. The Morgan fingerprint density at radius 3 is 2.95 bits per heavy atom. The van der Waals surface area contributed by atoms with E-state index in [1.165, 1.54) is 18.2 Å². The van der Waals surface area contributed by atoms with E-state index < -0.39 is 0 Å². The maximum Gasteiger partial charge on any atom is 0.255 e. The van der Waals surface area contributed by atoms with Gasteiger partial charge in [-0.05, 0) is 52.9 Å². The first-order valence-corrected chi connectivity index (χ1v) is 7.20. The van der Waals surface area contributed by atoms with Gasteiger partial charge in [0.1, 0.15) is 5.82 Å². The number of halogens is 2. The van der Waals surface area contributed by atoms with E-state index in [1.807, 2.05) is 6.92 Å². The number of piperidine rings is 1. The van der Waals surface area contributed by atoms with Crippen LogP contribution in [0.5, 0.6) is 0 Å². The molecule has 19 heavy (non-hydrogen) atoms. The van der Waals surface area contributed by atoms with Crippen molar-refractivity contribution < 1.29 is 14.3 Å². The van der Waals surface area contributed by atoms with Gasteiger partial charge in [-0.15, -0.1) is 0 Å². The molecule has 1 aliphatic rings. The van der Waals surface area contributed by atoms with Gasteiger partial charge in [-0.2, -0.15) is 0 Å². The van der Waals surface area contributed by atoms with Crippen LogP contribution in [0.2, 0.25) is 0 Å². The van der Waals surface area contributed by atoms with Crippen LogP contribution in [0.3, 0.4) is 0 Å². The number of likely N-dealkylation sites (tertiary alicyclic amines) is 1. The Morgan fingerprint density at radius 1 is 1.58 bits per heavy atom. The van der Waals surface area contributed by atoms with Crippen molar-refractivity contribution in [3.63, 3.8) is 0 Å². The molecule has 0 bridgehead atoms. The molecule has 1 aliphatic heterocycles. The van der Waals surface area contributed by atoms with E-state index in [0.717, 1.165) is 12.8 Å². The summed E-state index contributed by atoms with van der Waals surface area (Å²) in [4.78, 5) is 14.2. The molecule has 3 nitrogen and oxygen atoms in total. The topological polar surface area (TPSA) is 40.5 Å². The molecule has 5 heteroatoms. The SMILES string of the molecule is CC1CCCN(C(=O)c2ccc(F)cc2Br)C1CO. The smallest absolute Gasteiger partial charge is 0.255 e. The Bertz CT molecular complexity index is 481. The zero-order chi connectivity index (χ0) is 14.0. The summed E-state index contributed by atoms with van der Waals surface area (Å²) in [7, 11) is 0. The lowest BCUT2D eigenvalue weighted by Gasteiger charge is -2.39. The van der Waals surface area contributed by atoms with E-state index in [4.69, 9.17) is 0 Å². The van der Waals surface area contributed by atoms with Gasteiger partial charge in [-0.1, -0.05) is 6.92 Å². The molecule has 1 aromatic rings. The normalized spacial score (nSPS) is 23.5. The first kappa shape index (κ1) is 14.5. The van der Waals surface area contributed by atoms with E-state index >= 15 is 0 Å². The number of benzene rings is 1. The third kappa shape index (κ3) is 2.98. The molecule has 1 fully saturated rings. The highest BCUT2D eigenvalue weighted by Gasteiger charge is 2.32. The monoisotopic (exact) mass is 329 g/mol. The Morgan fingerprint density at radius 2 is 2.32 bits per heavy atom. The molecular formula is C14H17BrFNO2. The number of aliphatic hydroxyl groups is 1. The van der Waals surface area contributed by atoms with Crippen molar-refractivity contribution in [2.75, 3.05) is 13.2 Å². The summed E-state index contributed by atoms with van der Waals surface area (Å²) in [5, 5.41) is 9.48. The predicted octanol–water partition coefficient (Wildman–Crippen LogP) is 2.82. The van der Waals surface area contributed by atoms with Crippen molar-refractivity contribution in [2.24, 2.45) is 5.92 Å². The van der Waals surface area contributed by atoms with Crippen molar-refractivity contribution in [1.29, 1.82) is 0 Å². The Hall–Kier alpha value is -0.940. The zero-order valence-corrected chi connectivity index (χ0v) is 12.4. The minimum Gasteiger partial charge on any atom is -0.394 e. The Kier molecular flexibility index (Phi) is 4.58. The first-order chi connectivity index (χ1) is 9.04. The average Bonchev–Trinajstić information content (AvgIpc) is 2.37. The average molecular weight is 330 g/mol. The largest absolute Gasteiger partial charge is 0.394 e. The van der Waals surface area contributed by atoms with Gasteiger partial charge in [-0.3, -0.25) is 4.79 Å². The van der Waals surface area contributed by atoms with Crippen LogP contribution >= 0.6 is 15.9 Å². The highest BCUT2D eigenvalue weighted by molar-refractivity contribution is 9.10. The van der Waals surface area contributed by atoms with Gasteiger partial charge < -0.3 is 10.0 Å². The fourth-order valence-electron chi connectivity index (χ4n) is 2.60. The van der Waals surface area contributed by atoms with Crippen LogP contribution in [0.25, 0.3) is 0 Å². The van der Waals surface area contributed by atoms with Gasteiger partial charge in [-0.25, -0.2) is 4.39 Å². The van der Waals surface area contributed by atoms with Crippen LogP contribution < -0.4 is 0 Å². The number of aliphatic hydroxyl groups excluding tert-OH is 1. The number of nitrogens with zero attached hydrogens (tertiary/aromatic N) is 1. The molecule has 2 atom stereocenters. The minimum absolute atomic E-state index is 0.0360. The van der Waals surface area contributed by atoms with E-state index in [2.05, 4.69) is 15.9 Å². The second kappa shape index (κ2) is 6.01. The molecule has 0 saturated carbocycles. The van der Waals surface area contributed by atoms with Crippen LogP contribution in [-0.4, -0.2) is 35.1 Å². The highest BCUT2D eigenvalue weighted by atomic mass is 79.9. The third-order valence-corrected chi connectivity index (χ3v) is 4.38. The van der Waals surface area contributed by atoms with Gasteiger partial charge in [0, 0.05) is 11.0 Å². The number of rotatable bonds is 2. The summed E-state index contributed by atoms with van der Waals surface area (Å²) in [5.41, 5.74) is 0.439. The van der Waals surface area contributed by atoms with Crippen LogP contribution in [0, 0.1) is 11.7 Å². The van der Waals surface area contributed by atoms with Crippen molar-refractivity contribution in [3.05, 3.63) is 34.1 Å². The van der Waals surface area contributed by atoms with Crippen LogP contribution in [0.1, 0.15) is 30.1 Å². The highest BCUT2D eigenvalue weighted by Crippen LogP contribution is 2.27. The first-order valence-electron chi connectivity index (χ1n) is 6.41. The Labute approximate surface area is 120 Å². The standard InChI is InChI=1S/C14H17BrFNO2/c1-9-3-2-6-17(13(9)8-18)14(19)11-5-4-10(16)7-12(11)15/h4-5,7,9,13,18H,2-3,6,8H2,1H3. The van der Waals surface area contributed by atoms with Crippen LogP contribution in [0.15, 0.2) is 22.7 Å². The molecule has 2 rings (SSSR count). The summed E-state index contributed by atoms with van der Waals surface area (Å²) in [6.45, 7) is 2.64. The molecular weight excluding hydrogens is 313 g/mol. The van der Waals surface area contributed by atoms with Gasteiger partial charge >= 0.3 is 0 Å². The summed E-state index contributed by atoms with van der Waals surface area (Å²) >= 11 is 3.22. The number of amides is 1. The van der Waals surface area contributed by atoms with Gasteiger partial charge in [0.15, 0.2) is 0 Å². The molecule has 0 aliphatic carbocycles. The second-order valence-corrected chi connectivity index (χ2v) is 5.85. The number of carbonyl (C=O) groups excluding carboxylic acids is 1. The summed E-state index contributed by atoms with van der Waals surface area (Å²) in [6.07, 6.45) is 1.95. The van der Waals surface area contributed by atoms with Crippen molar-refractivity contribution in [1.82, 2.24) is 4.90 Å². The molecule has 2 unspecified atom stereocenters. The molecule has 1 aromatic carbocycles. The molecule has 104 valence electrons. The van der Waals surface area contributed by atoms with E-state index in [1.54, 1.807) is 4.90 Å². The molecule has 0 aromatic heterocycles. The number of carbonyl (C=O) groups is 1. The molecule has 0 spiro atoms. The fourth-order valence-corrected chi connectivity index (χ4v) is 3.12. The van der Waals surface area contributed by atoms with Crippen molar-refractivity contribution in [3.8, 4) is 0 Å². The zero-order valence-electron chi connectivity index (χ0n) is 10.8. The van der Waals surface area contributed by atoms with Gasteiger partial charge in [0.25, 0.3) is 5.91 Å². The van der Waals surface area contributed by atoms with E-state index in [9.17, 15) is 14.3 Å². The van der Waals surface area contributed by atoms with Crippen LogP contribution in [-0.2, 0) is 0 Å². The lowest BCUT2D eigenvalue weighted by molar-refractivity contribution is 0.0357. The number of hydrogen-bond acceptors (Lipinski definition) is 2. The molecule has 1 amide bonds. The summed E-state index contributed by atoms with van der Waals surface area (Å²) in [6, 6.07) is 3.89. The van der Waals surface area contributed by atoms with Gasteiger partial charge in [0.2, 0.25) is 0 Å². The Balaban J connectivity index is 2.27. The molecule has 1 N–H and O–H groups in total. The maximum atomic E-state index is 13.1. The van der Waals surface area contributed by atoms with Crippen LogP contribution in [0.4, 0.5) is 4.39 Å². The summed E-state index contributed by atoms with van der Waals surface area (Å²) in [5.74, 6) is -0.256. The number of hydrogen-bond donors (Lipinski definition) is 1. The lowest BCUT2D eigenvalue weighted by Crippen LogP contribution is -2.49. The van der Waals surface area contributed by atoms with Crippen molar-refractivity contribution in [2.45, 2.75) is 25.8 Å². The van der Waals surface area contributed by atoms with E-state index in [-0.39, 0.29) is 30.3 Å². The third-order valence-electron chi connectivity index (χ3n) is 3.73. The molecule has 1 heterocycles. The molecule has 0 radical (unpaired) electrons. The second-order valence-electron chi connectivity index (χ2n) is 4.99.